The van der Waals surface area contributed by atoms with E-state index in [1.807, 2.05) is 37.2 Å². The van der Waals surface area contributed by atoms with Gasteiger partial charge in [0.25, 0.3) is 0 Å². The van der Waals surface area contributed by atoms with Crippen molar-refractivity contribution in [1.29, 1.82) is 0 Å². The fourth-order valence-corrected chi connectivity index (χ4v) is 4.10. The number of aromatic nitrogens is 1. The molecule has 9 heteroatoms. The van der Waals surface area contributed by atoms with Gasteiger partial charge in [-0.05, 0) is 74.8 Å². The van der Waals surface area contributed by atoms with Crippen LogP contribution in [0.1, 0.15) is 11.1 Å². The number of benzene rings is 3. The van der Waals surface area contributed by atoms with Crippen molar-refractivity contribution in [3.05, 3.63) is 77.6 Å². The highest BCUT2D eigenvalue weighted by atomic mass is 19.1. The largest absolute Gasteiger partial charge is 0.494 e. The molecule has 0 fully saturated rings. The van der Waals surface area contributed by atoms with Gasteiger partial charge in [-0.2, -0.15) is 0 Å². The van der Waals surface area contributed by atoms with Crippen molar-refractivity contribution >= 4 is 33.9 Å². The molecule has 8 nitrogen and oxygen atoms in total. The standard InChI is InChI=1S/C27H25FN4O4/c1-31(2)14-24(33)32(3)19-8-6-18(7-9-19)29-26(16-4-11-22-23(12-16)36-15-35-22)25-20-10-5-17(28)13-21(20)30-27(25)34/h4-13,30,34H,14-15H2,1-3H3. The Kier molecular flexibility index (Phi) is 6.07. The first-order valence-electron chi connectivity index (χ1n) is 11.3. The molecule has 0 bridgehead atoms. The highest BCUT2D eigenvalue weighted by Gasteiger charge is 2.22. The van der Waals surface area contributed by atoms with E-state index in [0.717, 1.165) is 5.69 Å². The molecule has 0 aliphatic carbocycles. The molecule has 3 aromatic carbocycles. The molecule has 36 heavy (non-hydrogen) atoms. The van der Waals surface area contributed by atoms with Crippen molar-refractivity contribution in [3.8, 4) is 17.4 Å². The molecular weight excluding hydrogens is 463 g/mol. The van der Waals surface area contributed by atoms with E-state index in [1.54, 1.807) is 42.3 Å². The number of ether oxygens (including phenoxy) is 2. The van der Waals surface area contributed by atoms with Gasteiger partial charge in [0.2, 0.25) is 12.7 Å². The Morgan fingerprint density at radius 1 is 1.03 bits per heavy atom. The number of H-pyrrole nitrogens is 1. The maximum atomic E-state index is 13.8. The van der Waals surface area contributed by atoms with Gasteiger partial charge in [-0.15, -0.1) is 0 Å². The number of fused-ring (bicyclic) bond motifs is 2. The number of nitrogens with zero attached hydrogens (tertiary/aromatic N) is 3. The zero-order valence-corrected chi connectivity index (χ0v) is 20.1. The van der Waals surface area contributed by atoms with Crippen molar-refractivity contribution < 1.29 is 23.8 Å². The molecule has 0 unspecified atom stereocenters. The van der Waals surface area contributed by atoms with Crippen molar-refractivity contribution in [3.63, 3.8) is 0 Å². The zero-order valence-electron chi connectivity index (χ0n) is 20.1. The van der Waals surface area contributed by atoms with Gasteiger partial charge in [0.05, 0.1) is 29.0 Å². The van der Waals surface area contributed by atoms with E-state index in [4.69, 9.17) is 14.5 Å². The van der Waals surface area contributed by atoms with E-state index in [0.29, 0.717) is 51.5 Å². The lowest BCUT2D eigenvalue weighted by atomic mass is 10.00. The molecule has 1 aliphatic heterocycles. The molecule has 0 saturated carbocycles. The van der Waals surface area contributed by atoms with Crippen LogP contribution < -0.4 is 14.4 Å². The molecule has 0 atom stereocenters. The molecule has 184 valence electrons. The molecular formula is C27H25FN4O4. The van der Waals surface area contributed by atoms with E-state index < -0.39 is 5.82 Å². The Labute approximate surface area is 207 Å². The van der Waals surface area contributed by atoms with Gasteiger partial charge >= 0.3 is 0 Å². The fourth-order valence-electron chi connectivity index (χ4n) is 4.10. The van der Waals surface area contributed by atoms with Gasteiger partial charge in [-0.3, -0.25) is 4.79 Å². The van der Waals surface area contributed by atoms with Gasteiger partial charge in [0.15, 0.2) is 17.4 Å². The number of aromatic amines is 1. The summed E-state index contributed by atoms with van der Waals surface area (Å²) in [5, 5.41) is 11.4. The van der Waals surface area contributed by atoms with Crippen LogP contribution in [0.25, 0.3) is 10.9 Å². The summed E-state index contributed by atoms with van der Waals surface area (Å²) >= 11 is 0. The van der Waals surface area contributed by atoms with E-state index >= 15 is 0 Å². The van der Waals surface area contributed by atoms with E-state index in [2.05, 4.69) is 4.98 Å². The second-order valence-corrected chi connectivity index (χ2v) is 8.77. The van der Waals surface area contributed by atoms with Crippen LogP contribution in [0, 0.1) is 5.82 Å². The third-order valence-electron chi connectivity index (χ3n) is 5.93. The summed E-state index contributed by atoms with van der Waals surface area (Å²) in [4.78, 5) is 23.5. The first kappa shape index (κ1) is 23.4. The predicted octanol–water partition coefficient (Wildman–Crippen LogP) is 4.43. The van der Waals surface area contributed by atoms with Crippen LogP contribution in [-0.4, -0.2) is 61.1 Å². The molecule has 2 N–H and O–H groups in total. The van der Waals surface area contributed by atoms with Gasteiger partial charge in [0.1, 0.15) is 5.82 Å². The lowest BCUT2D eigenvalue weighted by molar-refractivity contribution is -0.118. The molecule has 0 radical (unpaired) electrons. The Hall–Kier alpha value is -4.37. The number of halogens is 1. The van der Waals surface area contributed by atoms with Gasteiger partial charge in [0, 0.05) is 23.7 Å². The normalized spacial score (nSPS) is 13.0. The van der Waals surface area contributed by atoms with Gasteiger partial charge in [-0.1, -0.05) is 0 Å². The van der Waals surface area contributed by atoms with Crippen LogP contribution in [0.15, 0.2) is 65.7 Å². The Morgan fingerprint density at radius 3 is 2.53 bits per heavy atom. The third kappa shape index (κ3) is 4.48. The number of carbonyl (C=O) groups excluding carboxylic acids is 1. The highest BCUT2D eigenvalue weighted by molar-refractivity contribution is 6.22. The van der Waals surface area contributed by atoms with Gasteiger partial charge < -0.3 is 29.4 Å². The van der Waals surface area contributed by atoms with Crippen molar-refractivity contribution in [2.75, 3.05) is 39.4 Å². The maximum absolute atomic E-state index is 13.8. The molecule has 0 saturated heterocycles. The minimum Gasteiger partial charge on any atom is -0.494 e. The second kappa shape index (κ2) is 9.35. The minimum absolute atomic E-state index is 0.0340. The molecule has 1 aliphatic rings. The molecule has 4 aromatic rings. The predicted molar refractivity (Wildman–Crippen MR) is 136 cm³/mol. The summed E-state index contributed by atoms with van der Waals surface area (Å²) in [7, 11) is 5.41. The van der Waals surface area contributed by atoms with Crippen LogP contribution in [0.3, 0.4) is 0 Å². The topological polar surface area (TPSA) is 90.4 Å². The number of nitrogens with one attached hydrogen (secondary N) is 1. The molecule has 5 rings (SSSR count). The number of hydrogen-bond donors (Lipinski definition) is 2. The Balaban J connectivity index is 1.59. The van der Waals surface area contributed by atoms with Crippen LogP contribution in [0.2, 0.25) is 0 Å². The van der Waals surface area contributed by atoms with Crippen molar-refractivity contribution in [2.24, 2.45) is 4.99 Å². The first-order chi connectivity index (χ1) is 17.3. The lowest BCUT2D eigenvalue weighted by Crippen LogP contribution is -2.34. The molecule has 1 aromatic heterocycles. The number of carbonyl (C=O) groups is 1. The van der Waals surface area contributed by atoms with E-state index in [-0.39, 0.29) is 18.6 Å². The maximum Gasteiger partial charge on any atom is 0.240 e. The second-order valence-electron chi connectivity index (χ2n) is 8.77. The van der Waals surface area contributed by atoms with Crippen LogP contribution in [0.5, 0.6) is 17.4 Å². The monoisotopic (exact) mass is 488 g/mol. The number of rotatable bonds is 6. The molecule has 1 amide bonds. The summed E-state index contributed by atoms with van der Waals surface area (Å²) in [5.41, 5.74) is 3.38. The zero-order chi connectivity index (χ0) is 25.4. The van der Waals surface area contributed by atoms with E-state index in [1.165, 1.54) is 12.1 Å². The molecule has 2 heterocycles. The number of aliphatic imine (C=N–C) groups is 1. The summed E-state index contributed by atoms with van der Waals surface area (Å²) in [6.07, 6.45) is 0. The number of amides is 1. The summed E-state index contributed by atoms with van der Waals surface area (Å²) in [6.45, 7) is 0.426. The molecule has 0 spiro atoms. The summed E-state index contributed by atoms with van der Waals surface area (Å²) in [5.74, 6) is 0.617. The highest BCUT2D eigenvalue weighted by Crippen LogP contribution is 2.37. The van der Waals surface area contributed by atoms with Crippen LogP contribution >= 0.6 is 0 Å². The minimum atomic E-state index is -0.416. The fraction of sp³-hybridized carbons (Fsp3) is 0.185. The van der Waals surface area contributed by atoms with Crippen LogP contribution in [0.4, 0.5) is 15.8 Å². The number of anilines is 1. The summed E-state index contributed by atoms with van der Waals surface area (Å²) < 4.78 is 24.8. The third-order valence-corrected chi connectivity index (χ3v) is 5.93. The average molecular weight is 489 g/mol. The van der Waals surface area contributed by atoms with Crippen molar-refractivity contribution in [1.82, 2.24) is 9.88 Å². The number of hydrogen-bond acceptors (Lipinski definition) is 6. The lowest BCUT2D eigenvalue weighted by Gasteiger charge is -2.19. The Morgan fingerprint density at radius 2 is 1.78 bits per heavy atom. The smallest absolute Gasteiger partial charge is 0.240 e. The number of likely N-dealkylation sites (N-methyl/N-ethyl adjacent to an activating group) is 2. The van der Waals surface area contributed by atoms with E-state index in [9.17, 15) is 14.3 Å². The average Bonchev–Trinajstić information content (AvgIpc) is 3.44. The summed E-state index contributed by atoms with van der Waals surface area (Å²) in [6, 6.07) is 16.9. The van der Waals surface area contributed by atoms with Crippen molar-refractivity contribution in [2.45, 2.75) is 0 Å². The SMILES string of the molecule is CN(C)CC(=O)N(C)c1ccc(N=C(c2ccc3c(c2)OCO3)c2c(O)[nH]c3cc(F)ccc23)cc1. The van der Waals surface area contributed by atoms with Gasteiger partial charge in [-0.25, -0.2) is 9.38 Å². The quantitative estimate of drug-likeness (QED) is 0.392. The van der Waals surface area contributed by atoms with Crippen LogP contribution in [-0.2, 0) is 4.79 Å². The Bertz CT molecular complexity index is 1480. The number of aromatic hydroxyl groups is 1. The first-order valence-corrected chi connectivity index (χ1v) is 11.3.